The molecule has 0 amide bonds. The largest absolute Gasteiger partial charge is 0.494 e. The summed E-state index contributed by atoms with van der Waals surface area (Å²) in [5, 5.41) is 17.2. The summed E-state index contributed by atoms with van der Waals surface area (Å²) < 4.78 is 5.55. The van der Waals surface area contributed by atoms with Gasteiger partial charge in [0.05, 0.1) is 31.1 Å². The highest BCUT2D eigenvalue weighted by molar-refractivity contribution is 7.21. The summed E-state index contributed by atoms with van der Waals surface area (Å²) in [6.45, 7) is 5.83. The molecule has 0 aliphatic carbocycles. The van der Waals surface area contributed by atoms with Gasteiger partial charge in [-0.2, -0.15) is 10.4 Å². The minimum absolute atomic E-state index is 0.536. The summed E-state index contributed by atoms with van der Waals surface area (Å²) in [5.74, 6) is 6.60. The number of carbonyl (C=O) groups excluding carboxylic acids is 1. The van der Waals surface area contributed by atoms with Crippen molar-refractivity contribution in [1.29, 1.82) is 5.26 Å². The Bertz CT molecular complexity index is 1670. The van der Waals surface area contributed by atoms with Gasteiger partial charge in [-0.05, 0) is 62.6 Å². The van der Waals surface area contributed by atoms with E-state index in [0.29, 0.717) is 33.2 Å². The lowest BCUT2D eigenvalue weighted by Gasteiger charge is -2.12. The van der Waals surface area contributed by atoms with Crippen LogP contribution in [-0.4, -0.2) is 51.1 Å². The lowest BCUT2D eigenvalue weighted by molar-refractivity contribution is -0.0980. The van der Waals surface area contributed by atoms with Crippen molar-refractivity contribution in [3.05, 3.63) is 71.1 Å². The van der Waals surface area contributed by atoms with E-state index in [4.69, 9.17) is 14.5 Å². The van der Waals surface area contributed by atoms with Crippen LogP contribution in [0.15, 0.2) is 42.7 Å². The average molecular weight is 525 g/mol. The number of H-pyrrole nitrogens is 1. The molecule has 0 aliphatic rings. The number of carbonyl (C=O) groups is 1. The molecule has 10 nitrogen and oxygen atoms in total. The predicted octanol–water partition coefficient (Wildman–Crippen LogP) is 3.83. The predicted molar refractivity (Wildman–Crippen MR) is 146 cm³/mol. The molecule has 38 heavy (non-hydrogen) atoms. The van der Waals surface area contributed by atoms with Gasteiger partial charge in [-0.3, -0.25) is 10.1 Å². The van der Waals surface area contributed by atoms with E-state index in [1.807, 2.05) is 44.9 Å². The molecule has 0 aliphatic heterocycles. The molecule has 4 aromatic heterocycles. The number of nitriles is 1. The van der Waals surface area contributed by atoms with Crippen LogP contribution in [0.5, 0.6) is 5.75 Å². The zero-order valence-corrected chi connectivity index (χ0v) is 22.1. The van der Waals surface area contributed by atoms with Crippen molar-refractivity contribution in [1.82, 2.24) is 30.1 Å². The summed E-state index contributed by atoms with van der Waals surface area (Å²) in [6.07, 6.45) is 3.29. The van der Waals surface area contributed by atoms with Gasteiger partial charge in [0.1, 0.15) is 28.9 Å². The van der Waals surface area contributed by atoms with Crippen LogP contribution >= 0.6 is 11.3 Å². The summed E-state index contributed by atoms with van der Waals surface area (Å²) in [4.78, 5) is 26.8. The zero-order chi connectivity index (χ0) is 27.7. The molecule has 0 atom stereocenters. The molecule has 4 heterocycles. The average Bonchev–Trinajstić information content (AvgIpc) is 3.59. The van der Waals surface area contributed by atoms with E-state index in [0.717, 1.165) is 33.1 Å². The number of aromatic amines is 1. The smallest absolute Gasteiger partial charge is 0.190 e. The number of rotatable bonds is 3. The first kappa shape index (κ1) is 27.6. The van der Waals surface area contributed by atoms with Gasteiger partial charge in [-0.15, -0.1) is 0 Å². The second-order valence-corrected chi connectivity index (χ2v) is 8.46. The fourth-order valence-electron chi connectivity index (χ4n) is 3.45. The third kappa shape index (κ3) is 6.05. The highest BCUT2D eigenvalue weighted by atomic mass is 32.1. The number of methoxy groups -OCH3 is 1. The molecule has 0 unspecified atom stereocenters. The van der Waals surface area contributed by atoms with Crippen LogP contribution in [0, 0.1) is 37.0 Å². The van der Waals surface area contributed by atoms with Crippen LogP contribution < -0.4 is 10.5 Å². The van der Waals surface area contributed by atoms with Crippen molar-refractivity contribution in [2.45, 2.75) is 13.8 Å². The fourth-order valence-corrected chi connectivity index (χ4v) is 4.39. The van der Waals surface area contributed by atoms with Crippen molar-refractivity contribution in [2.75, 3.05) is 14.2 Å². The molecule has 5 aromatic rings. The molecule has 0 bridgehead atoms. The maximum Gasteiger partial charge on any atom is 0.190 e. The SMILES string of the molecule is C=O.CN.COc1cnc(C)cc1-c1cc(C#N)ccc1-c1nc2ncc(C#Cc3cc(C)[nH]n3)nc2s1. The molecule has 0 radical (unpaired) electrons. The van der Waals surface area contributed by atoms with E-state index in [1.54, 1.807) is 25.6 Å². The lowest BCUT2D eigenvalue weighted by Crippen LogP contribution is -1.94. The molecule has 0 fully saturated rings. The number of pyridine rings is 1. The first-order valence-electron chi connectivity index (χ1n) is 11.1. The van der Waals surface area contributed by atoms with E-state index < -0.39 is 0 Å². The second kappa shape index (κ2) is 12.8. The first-order chi connectivity index (χ1) is 18.5. The Morgan fingerprint density at radius 3 is 2.42 bits per heavy atom. The van der Waals surface area contributed by atoms with E-state index in [2.05, 4.69) is 48.8 Å². The molecule has 3 N–H and O–H groups in total. The summed E-state index contributed by atoms with van der Waals surface area (Å²) >= 11 is 1.42. The second-order valence-electron chi connectivity index (χ2n) is 7.49. The van der Waals surface area contributed by atoms with Crippen LogP contribution in [0.4, 0.5) is 0 Å². The number of benzene rings is 1. The molecule has 190 valence electrons. The Morgan fingerprint density at radius 2 is 1.74 bits per heavy atom. The molecular formula is C27H24N8O2S. The Balaban J connectivity index is 0.000000956. The van der Waals surface area contributed by atoms with Crippen molar-refractivity contribution >= 4 is 28.6 Å². The van der Waals surface area contributed by atoms with Gasteiger partial charge in [-0.25, -0.2) is 15.0 Å². The van der Waals surface area contributed by atoms with Crippen LogP contribution in [-0.2, 0) is 4.79 Å². The number of nitrogens with two attached hydrogens (primary N) is 1. The number of hydrogen-bond acceptors (Lipinski definition) is 10. The van der Waals surface area contributed by atoms with E-state index >= 15 is 0 Å². The normalized spacial score (nSPS) is 9.68. The van der Waals surface area contributed by atoms with Gasteiger partial charge in [0.2, 0.25) is 0 Å². The standard InChI is InChI=1S/C25H17N7OS.CH5N.CH2O/c1-14-9-21(22(33-3)13-27-14)20-10-16(11-26)4-7-19(20)24-30-23-25(34-24)29-18(12-28-23)6-5-17-8-15(2)31-32-17;2*1-2/h4,7-10,12-13H,1-3H3,(H,31,32);2H2,1H3;1H2. The topological polar surface area (TPSA) is 156 Å². The van der Waals surface area contributed by atoms with E-state index in [9.17, 15) is 5.26 Å². The van der Waals surface area contributed by atoms with E-state index in [1.165, 1.54) is 18.4 Å². The third-order valence-electron chi connectivity index (χ3n) is 5.04. The summed E-state index contributed by atoms with van der Waals surface area (Å²) in [5.41, 5.74) is 11.1. The lowest BCUT2D eigenvalue weighted by atomic mass is 9.97. The number of aromatic nitrogens is 6. The van der Waals surface area contributed by atoms with Crippen LogP contribution in [0.25, 0.3) is 32.2 Å². The van der Waals surface area contributed by atoms with Crippen LogP contribution in [0.2, 0.25) is 0 Å². The molecule has 5 rings (SSSR count). The number of fused-ring (bicyclic) bond motifs is 1. The Labute approximate surface area is 223 Å². The number of nitrogens with one attached hydrogen (secondary N) is 1. The number of nitrogens with zero attached hydrogens (tertiary/aromatic N) is 6. The van der Waals surface area contributed by atoms with Gasteiger partial charge in [0.15, 0.2) is 10.5 Å². The zero-order valence-electron chi connectivity index (χ0n) is 21.2. The van der Waals surface area contributed by atoms with Crippen LogP contribution in [0.1, 0.15) is 28.3 Å². The van der Waals surface area contributed by atoms with Gasteiger partial charge >= 0.3 is 0 Å². The minimum atomic E-state index is 0.536. The maximum absolute atomic E-state index is 9.48. The first-order valence-corrected chi connectivity index (χ1v) is 12.0. The molecule has 0 saturated carbocycles. The Kier molecular flexibility index (Phi) is 9.32. The van der Waals surface area contributed by atoms with Gasteiger partial charge in [-0.1, -0.05) is 17.4 Å². The Morgan fingerprint density at radius 1 is 0.974 bits per heavy atom. The molecular weight excluding hydrogens is 500 g/mol. The van der Waals surface area contributed by atoms with Crippen molar-refractivity contribution in [2.24, 2.45) is 5.73 Å². The molecule has 0 spiro atoms. The van der Waals surface area contributed by atoms with Crippen molar-refractivity contribution in [3.63, 3.8) is 0 Å². The summed E-state index contributed by atoms with van der Waals surface area (Å²) in [6, 6.07) is 11.5. The number of ether oxygens (including phenoxy) is 1. The highest BCUT2D eigenvalue weighted by Gasteiger charge is 2.17. The molecule has 0 saturated heterocycles. The number of hydrogen-bond donors (Lipinski definition) is 2. The minimum Gasteiger partial charge on any atom is -0.494 e. The molecule has 1 aromatic carbocycles. The van der Waals surface area contributed by atoms with Crippen molar-refractivity contribution < 1.29 is 9.53 Å². The third-order valence-corrected chi connectivity index (χ3v) is 6.01. The van der Waals surface area contributed by atoms with Crippen molar-refractivity contribution in [3.8, 4) is 45.4 Å². The number of thiazole rings is 1. The van der Waals surface area contributed by atoms with Crippen LogP contribution in [0.3, 0.4) is 0 Å². The monoisotopic (exact) mass is 524 g/mol. The van der Waals surface area contributed by atoms with Gasteiger partial charge < -0.3 is 15.3 Å². The quantitative estimate of drug-likeness (QED) is 0.335. The van der Waals surface area contributed by atoms with Gasteiger partial charge in [0, 0.05) is 22.5 Å². The molecule has 11 heteroatoms. The highest BCUT2D eigenvalue weighted by Crippen LogP contribution is 2.40. The Hall–Kier alpha value is -4.97. The number of aryl methyl sites for hydroxylation is 2. The maximum atomic E-state index is 9.48. The van der Waals surface area contributed by atoms with Gasteiger partial charge in [0.25, 0.3) is 0 Å². The fraction of sp³-hybridized carbons (Fsp3) is 0.148. The summed E-state index contributed by atoms with van der Waals surface area (Å²) in [7, 11) is 3.10. The van der Waals surface area contributed by atoms with E-state index in [-0.39, 0.29) is 0 Å².